The molecule has 2 saturated carbocycles. The van der Waals surface area contributed by atoms with Gasteiger partial charge >= 0.3 is 0 Å². The number of anilines is 1. The highest BCUT2D eigenvalue weighted by molar-refractivity contribution is 6.34. The predicted octanol–water partition coefficient (Wildman–Crippen LogP) is 4.56. The molecule has 7 rings (SSSR count). The molecule has 1 aliphatic heterocycles. The first-order valence-electron chi connectivity index (χ1n) is 11.7. The Labute approximate surface area is 198 Å². The minimum atomic E-state index is -0.329. The Morgan fingerprint density at radius 1 is 0.970 bits per heavy atom. The average Bonchev–Trinajstić information content (AvgIpc) is 3.62. The van der Waals surface area contributed by atoms with Gasteiger partial charge in [-0.25, -0.2) is 0 Å². The highest BCUT2D eigenvalue weighted by Gasteiger charge is 2.67. The van der Waals surface area contributed by atoms with Crippen molar-refractivity contribution in [3.8, 4) is 0 Å². The van der Waals surface area contributed by atoms with Crippen molar-refractivity contribution in [2.75, 3.05) is 11.6 Å². The number of carbonyl (C=O) groups excluding carboxylic acids is 3. The van der Waals surface area contributed by atoms with Gasteiger partial charge in [0.2, 0.25) is 11.8 Å². The third-order valence-corrected chi connectivity index (χ3v) is 8.37. The highest BCUT2D eigenvalue weighted by atomic mass is 35.5. The van der Waals surface area contributed by atoms with E-state index in [4.69, 9.17) is 11.6 Å². The lowest BCUT2D eigenvalue weighted by molar-refractivity contribution is -0.140. The average molecular weight is 461 g/mol. The topological polar surface area (TPSA) is 57.7 Å². The van der Waals surface area contributed by atoms with Crippen LogP contribution >= 0.6 is 11.6 Å². The number of hydrogen-bond acceptors (Lipinski definition) is 3. The second-order valence-corrected chi connectivity index (χ2v) is 10.0. The minimum Gasteiger partial charge on any atom is -0.290 e. The second kappa shape index (κ2) is 7.56. The lowest BCUT2D eigenvalue weighted by Gasteiger charge is -2.37. The van der Waals surface area contributed by atoms with Gasteiger partial charge in [-0.1, -0.05) is 54.9 Å². The standard InChI is InChI=1S/C27H25ClN2O3/c1-2-15-7-9-16(10-8-15)29(25(31)19-5-3-4-6-22(19)28)14-30-26(32)23-17-11-12-18(21-13-20(17)21)24(23)27(30)33/h3-12,17-18,20-21,23-24H,2,13-14H2,1H3/t17-,18-,20-,21+,23+,24+/m1/s1. The number of allylic oxidation sites excluding steroid dienone is 2. The van der Waals surface area contributed by atoms with Crippen molar-refractivity contribution in [3.05, 3.63) is 76.8 Å². The van der Waals surface area contributed by atoms with Gasteiger partial charge in [0.1, 0.15) is 6.67 Å². The van der Waals surface area contributed by atoms with E-state index in [0.717, 1.165) is 18.4 Å². The van der Waals surface area contributed by atoms with Crippen LogP contribution in [0.5, 0.6) is 0 Å². The molecule has 0 aromatic heterocycles. The number of amides is 3. The van der Waals surface area contributed by atoms with Crippen LogP contribution < -0.4 is 4.90 Å². The van der Waals surface area contributed by atoms with E-state index in [-0.39, 0.29) is 48.1 Å². The number of likely N-dealkylation sites (tertiary alicyclic amines) is 1. The Bertz CT molecular complexity index is 1150. The van der Waals surface area contributed by atoms with Crippen molar-refractivity contribution >= 4 is 35.0 Å². The van der Waals surface area contributed by atoms with Gasteiger partial charge < -0.3 is 0 Å². The van der Waals surface area contributed by atoms with Crippen LogP contribution in [0.15, 0.2) is 60.7 Å². The van der Waals surface area contributed by atoms with E-state index >= 15 is 0 Å². The van der Waals surface area contributed by atoms with Crippen molar-refractivity contribution in [3.63, 3.8) is 0 Å². The molecule has 0 spiro atoms. The lowest BCUT2D eigenvalue weighted by atomic mass is 9.63. The molecule has 5 nitrogen and oxygen atoms in total. The van der Waals surface area contributed by atoms with Gasteiger partial charge in [0.15, 0.2) is 0 Å². The van der Waals surface area contributed by atoms with Gasteiger partial charge in [-0.3, -0.25) is 24.2 Å². The van der Waals surface area contributed by atoms with Crippen LogP contribution in [0.2, 0.25) is 5.02 Å². The third-order valence-electron chi connectivity index (χ3n) is 8.04. The molecule has 33 heavy (non-hydrogen) atoms. The van der Waals surface area contributed by atoms with Crippen molar-refractivity contribution in [1.82, 2.24) is 4.90 Å². The summed E-state index contributed by atoms with van der Waals surface area (Å²) < 4.78 is 0. The largest absolute Gasteiger partial charge is 0.290 e. The molecule has 0 unspecified atom stereocenters. The second-order valence-electron chi connectivity index (χ2n) is 9.63. The van der Waals surface area contributed by atoms with Crippen molar-refractivity contribution < 1.29 is 14.4 Å². The fourth-order valence-electron chi connectivity index (χ4n) is 6.25. The summed E-state index contributed by atoms with van der Waals surface area (Å²) in [6.45, 7) is 1.97. The first kappa shape index (κ1) is 20.7. The number of carbonyl (C=O) groups is 3. The fourth-order valence-corrected chi connectivity index (χ4v) is 6.47. The zero-order valence-electron chi connectivity index (χ0n) is 18.4. The normalized spacial score (nSPS) is 30.9. The number of benzene rings is 2. The van der Waals surface area contributed by atoms with Crippen LogP contribution in [0.25, 0.3) is 0 Å². The molecule has 0 radical (unpaired) electrons. The summed E-state index contributed by atoms with van der Waals surface area (Å²) >= 11 is 6.34. The highest BCUT2D eigenvalue weighted by Crippen LogP contribution is 2.65. The Morgan fingerprint density at radius 2 is 1.58 bits per heavy atom. The molecule has 0 N–H and O–H groups in total. The molecule has 1 saturated heterocycles. The third kappa shape index (κ3) is 3.09. The molecule has 2 aromatic carbocycles. The van der Waals surface area contributed by atoms with Crippen LogP contribution in [0, 0.1) is 35.5 Å². The van der Waals surface area contributed by atoms with Gasteiger partial charge in [0.25, 0.3) is 5.91 Å². The molecule has 3 fully saturated rings. The lowest BCUT2D eigenvalue weighted by Crippen LogP contribution is -2.45. The molecular weight excluding hydrogens is 436 g/mol. The first-order valence-corrected chi connectivity index (χ1v) is 12.1. The summed E-state index contributed by atoms with van der Waals surface area (Å²) in [5, 5.41) is 0.341. The Morgan fingerprint density at radius 3 is 2.15 bits per heavy atom. The van der Waals surface area contributed by atoms with E-state index < -0.39 is 0 Å². The number of halogens is 1. The molecular formula is C27H25ClN2O3. The smallest absolute Gasteiger partial charge is 0.261 e. The van der Waals surface area contributed by atoms with E-state index in [1.807, 2.05) is 24.3 Å². The van der Waals surface area contributed by atoms with Crippen LogP contribution in [-0.2, 0) is 16.0 Å². The van der Waals surface area contributed by atoms with Crippen LogP contribution in [0.1, 0.15) is 29.3 Å². The van der Waals surface area contributed by atoms with Crippen molar-refractivity contribution in [1.29, 1.82) is 0 Å². The van der Waals surface area contributed by atoms with Crippen molar-refractivity contribution in [2.24, 2.45) is 35.5 Å². The molecule has 168 valence electrons. The zero-order chi connectivity index (χ0) is 22.9. The molecule has 4 aliphatic carbocycles. The summed E-state index contributed by atoms with van der Waals surface area (Å²) in [7, 11) is 0. The summed E-state index contributed by atoms with van der Waals surface area (Å²) in [5.74, 6) is 0.219. The van der Waals surface area contributed by atoms with Gasteiger partial charge in [-0.05, 0) is 66.3 Å². The predicted molar refractivity (Wildman–Crippen MR) is 125 cm³/mol. The number of hydrogen-bond donors (Lipinski definition) is 0. The molecule has 6 atom stereocenters. The van der Waals surface area contributed by atoms with Crippen LogP contribution in [0.3, 0.4) is 0 Å². The van der Waals surface area contributed by atoms with Crippen LogP contribution in [-0.4, -0.2) is 29.3 Å². The quantitative estimate of drug-likeness (QED) is 0.485. The molecule has 1 heterocycles. The van der Waals surface area contributed by atoms with E-state index in [2.05, 4.69) is 19.1 Å². The summed E-state index contributed by atoms with van der Waals surface area (Å²) in [5.41, 5.74) is 2.12. The van der Waals surface area contributed by atoms with E-state index in [0.29, 0.717) is 28.1 Å². The number of rotatable bonds is 5. The SMILES string of the molecule is CCc1ccc(N(CN2C(=O)[C@H]3[C@@H]4C=C[C@H]([C@@H]5C[C@H]45)[C@@H]3C2=O)C(=O)c2ccccc2Cl)cc1. The van der Waals surface area contributed by atoms with Crippen LogP contribution in [0.4, 0.5) is 5.69 Å². The summed E-state index contributed by atoms with van der Waals surface area (Å²) in [6.07, 6.45) is 6.32. The van der Waals surface area contributed by atoms with E-state index in [1.165, 1.54) is 9.80 Å². The van der Waals surface area contributed by atoms with Gasteiger partial charge in [0.05, 0.1) is 22.4 Å². The fraction of sp³-hybridized carbons (Fsp3) is 0.370. The van der Waals surface area contributed by atoms with Gasteiger partial charge in [-0.15, -0.1) is 0 Å². The van der Waals surface area contributed by atoms with Gasteiger partial charge in [0, 0.05) is 5.69 Å². The Hall–Kier alpha value is -2.92. The number of imide groups is 1. The monoisotopic (exact) mass is 460 g/mol. The first-order chi connectivity index (χ1) is 16.0. The maximum Gasteiger partial charge on any atom is 0.261 e. The van der Waals surface area contributed by atoms with E-state index in [9.17, 15) is 14.4 Å². The minimum absolute atomic E-state index is 0.102. The van der Waals surface area contributed by atoms with E-state index in [1.54, 1.807) is 24.3 Å². The molecule has 6 heteroatoms. The number of nitrogens with zero attached hydrogens (tertiary/aromatic N) is 2. The summed E-state index contributed by atoms with van der Waals surface area (Å²) in [4.78, 5) is 43.4. The molecule has 2 bridgehead atoms. The maximum absolute atomic E-state index is 13.6. The Balaban J connectivity index is 1.35. The molecule has 3 amide bonds. The number of aryl methyl sites for hydroxylation is 1. The van der Waals surface area contributed by atoms with Crippen molar-refractivity contribution in [2.45, 2.75) is 19.8 Å². The summed E-state index contributed by atoms with van der Waals surface area (Å²) in [6, 6.07) is 14.5. The maximum atomic E-state index is 13.6. The molecule has 2 aromatic rings. The molecule has 5 aliphatic rings. The van der Waals surface area contributed by atoms with Gasteiger partial charge in [-0.2, -0.15) is 0 Å². The Kier molecular flexibility index (Phi) is 4.73. The zero-order valence-corrected chi connectivity index (χ0v) is 19.1.